The summed E-state index contributed by atoms with van der Waals surface area (Å²) in [5, 5.41) is 21.3. The number of aryl methyl sites for hydroxylation is 1. The molecule has 0 spiro atoms. The lowest BCUT2D eigenvalue weighted by Gasteiger charge is -2.65. The van der Waals surface area contributed by atoms with Gasteiger partial charge in [-0.15, -0.1) is 0 Å². The molecule has 0 unspecified atom stereocenters. The second kappa shape index (κ2) is 8.15. The third kappa shape index (κ3) is 3.90. The molecular formula is C23H30ClN5O3. The highest BCUT2D eigenvalue weighted by Gasteiger charge is 2.62. The van der Waals surface area contributed by atoms with Crippen LogP contribution in [0.15, 0.2) is 29.5 Å². The summed E-state index contributed by atoms with van der Waals surface area (Å²) in [6.07, 6.45) is 6.66. The lowest BCUT2D eigenvalue weighted by atomic mass is 9.43. The molecule has 2 bridgehead atoms. The van der Waals surface area contributed by atoms with E-state index in [4.69, 9.17) is 11.6 Å². The number of pyridine rings is 1. The van der Waals surface area contributed by atoms with E-state index >= 15 is 0 Å². The fraction of sp³-hybridized carbons (Fsp3) is 0.565. The Balaban J connectivity index is 1.42. The molecule has 3 aliphatic rings. The molecule has 2 aromatic rings. The number of hydrogen-bond acceptors (Lipinski definition) is 6. The molecule has 0 aromatic carbocycles. The minimum atomic E-state index is -0.915. The van der Waals surface area contributed by atoms with Crippen molar-refractivity contribution in [2.75, 3.05) is 5.32 Å². The summed E-state index contributed by atoms with van der Waals surface area (Å²) in [6.45, 7) is 8.28. The zero-order valence-corrected chi connectivity index (χ0v) is 19.6. The molecular weight excluding hydrogens is 430 g/mol. The van der Waals surface area contributed by atoms with Crippen molar-refractivity contribution in [2.45, 2.75) is 65.3 Å². The van der Waals surface area contributed by atoms with E-state index in [0.29, 0.717) is 18.2 Å². The maximum atomic E-state index is 12.7. The van der Waals surface area contributed by atoms with Crippen molar-refractivity contribution in [1.82, 2.24) is 20.1 Å². The molecule has 0 saturated heterocycles. The Kier molecular flexibility index (Phi) is 5.79. The highest BCUT2D eigenvalue weighted by atomic mass is 35.5. The van der Waals surface area contributed by atoms with Gasteiger partial charge in [-0.05, 0) is 61.1 Å². The number of amides is 1. The molecule has 172 valence electrons. The molecule has 32 heavy (non-hydrogen) atoms. The van der Waals surface area contributed by atoms with E-state index < -0.39 is 11.2 Å². The van der Waals surface area contributed by atoms with Crippen LogP contribution in [0.1, 0.15) is 44.7 Å². The standard InChI is InChI=1S/C23H30ClN5O3/c1-13-9-25-6-5-14(13)10-26-19(30)12-29-21(31)20(24)16(11-27-29)28-18-8-15-7-17(22(15,2)3)23(18,4)32/h5-6,9,11,15,17-18,28,32H,7-8,10,12H2,1-4H3,(H,26,30)/t15-,17-,18+,23-/m0/s1. The highest BCUT2D eigenvalue weighted by Crippen LogP contribution is 2.62. The third-order valence-corrected chi connectivity index (χ3v) is 7.99. The van der Waals surface area contributed by atoms with Gasteiger partial charge in [-0.3, -0.25) is 14.6 Å². The first-order chi connectivity index (χ1) is 15.0. The summed E-state index contributed by atoms with van der Waals surface area (Å²) in [7, 11) is 0. The molecule has 3 saturated carbocycles. The maximum absolute atomic E-state index is 12.7. The summed E-state index contributed by atoms with van der Waals surface area (Å²) in [4.78, 5) is 29.1. The Hall–Kier alpha value is -2.45. The van der Waals surface area contributed by atoms with E-state index in [1.165, 1.54) is 6.20 Å². The molecule has 0 aliphatic heterocycles. The number of rotatable bonds is 6. The normalized spacial score (nSPS) is 28.0. The van der Waals surface area contributed by atoms with Gasteiger partial charge in [-0.25, -0.2) is 4.68 Å². The van der Waals surface area contributed by atoms with Crippen LogP contribution in [0.2, 0.25) is 5.02 Å². The van der Waals surface area contributed by atoms with Gasteiger partial charge < -0.3 is 15.7 Å². The molecule has 8 nitrogen and oxygen atoms in total. The fourth-order valence-corrected chi connectivity index (χ4v) is 5.53. The van der Waals surface area contributed by atoms with Crippen molar-refractivity contribution in [3.05, 3.63) is 51.2 Å². The van der Waals surface area contributed by atoms with Crippen molar-refractivity contribution in [2.24, 2.45) is 17.3 Å². The Bertz CT molecular complexity index is 1100. The van der Waals surface area contributed by atoms with Crippen molar-refractivity contribution in [1.29, 1.82) is 0 Å². The fourth-order valence-electron chi connectivity index (χ4n) is 5.33. The molecule has 2 heterocycles. The molecule has 4 atom stereocenters. The first-order valence-corrected chi connectivity index (χ1v) is 11.3. The molecule has 5 rings (SSSR count). The molecule has 9 heteroatoms. The number of aliphatic hydroxyl groups is 1. The topological polar surface area (TPSA) is 109 Å². The molecule has 2 aromatic heterocycles. The van der Waals surface area contributed by atoms with Crippen molar-refractivity contribution in [3.63, 3.8) is 0 Å². The van der Waals surface area contributed by atoms with Gasteiger partial charge in [-0.1, -0.05) is 25.4 Å². The van der Waals surface area contributed by atoms with Crippen molar-refractivity contribution < 1.29 is 9.90 Å². The van der Waals surface area contributed by atoms with Gasteiger partial charge in [0.2, 0.25) is 5.91 Å². The van der Waals surface area contributed by atoms with E-state index in [9.17, 15) is 14.7 Å². The van der Waals surface area contributed by atoms with Gasteiger partial charge in [-0.2, -0.15) is 5.10 Å². The van der Waals surface area contributed by atoms with Gasteiger partial charge in [0, 0.05) is 18.9 Å². The second-order valence-electron chi connectivity index (χ2n) is 9.88. The summed E-state index contributed by atoms with van der Waals surface area (Å²) < 4.78 is 1.04. The van der Waals surface area contributed by atoms with Crippen molar-refractivity contribution in [3.8, 4) is 0 Å². The quantitative estimate of drug-likeness (QED) is 0.612. The smallest absolute Gasteiger partial charge is 0.288 e. The molecule has 0 radical (unpaired) electrons. The SMILES string of the molecule is Cc1cnccc1CNC(=O)Cn1ncc(N[C@@H]2C[C@@H]3C[C@@H](C3(C)C)[C@]2(C)O)c(Cl)c1=O. The number of nitrogens with zero attached hydrogens (tertiary/aromatic N) is 3. The third-order valence-electron chi connectivity index (χ3n) is 7.62. The largest absolute Gasteiger partial charge is 0.388 e. The number of aromatic nitrogens is 3. The number of fused-ring (bicyclic) bond motifs is 2. The summed E-state index contributed by atoms with van der Waals surface area (Å²) in [5.74, 6) is 0.362. The van der Waals surface area contributed by atoms with Gasteiger partial charge in [0.25, 0.3) is 5.56 Å². The maximum Gasteiger partial charge on any atom is 0.288 e. The second-order valence-corrected chi connectivity index (χ2v) is 10.3. The van der Waals surface area contributed by atoms with E-state index in [1.54, 1.807) is 12.4 Å². The van der Waals surface area contributed by atoms with Gasteiger partial charge >= 0.3 is 0 Å². The first kappa shape index (κ1) is 22.7. The monoisotopic (exact) mass is 459 g/mol. The van der Waals surface area contributed by atoms with Gasteiger partial charge in [0.15, 0.2) is 0 Å². The number of nitrogens with one attached hydrogen (secondary N) is 2. The van der Waals surface area contributed by atoms with Crippen LogP contribution in [0.4, 0.5) is 5.69 Å². The molecule has 3 N–H and O–H groups in total. The Morgan fingerprint density at radius 2 is 2.06 bits per heavy atom. The van der Waals surface area contributed by atoms with Crippen LogP contribution >= 0.6 is 11.6 Å². The van der Waals surface area contributed by atoms with Crippen LogP contribution in [-0.2, 0) is 17.9 Å². The van der Waals surface area contributed by atoms with Crippen LogP contribution in [0.25, 0.3) is 0 Å². The average molecular weight is 460 g/mol. The molecule has 3 aliphatic carbocycles. The van der Waals surface area contributed by atoms with Crippen LogP contribution in [0.3, 0.4) is 0 Å². The van der Waals surface area contributed by atoms with Gasteiger partial charge in [0.1, 0.15) is 11.6 Å². The summed E-state index contributed by atoms with van der Waals surface area (Å²) in [6, 6.07) is 1.61. The Morgan fingerprint density at radius 1 is 1.31 bits per heavy atom. The van der Waals surface area contributed by atoms with Gasteiger partial charge in [0.05, 0.1) is 23.5 Å². The van der Waals surface area contributed by atoms with Crippen LogP contribution < -0.4 is 16.2 Å². The van der Waals surface area contributed by atoms with E-state index in [0.717, 1.165) is 28.7 Å². The Labute approximate surface area is 192 Å². The van der Waals surface area contributed by atoms with E-state index in [1.807, 2.05) is 19.9 Å². The molecule has 1 amide bonds. The number of hydrogen-bond donors (Lipinski definition) is 3. The highest BCUT2D eigenvalue weighted by molar-refractivity contribution is 6.32. The van der Waals surface area contributed by atoms with E-state index in [2.05, 4.69) is 34.6 Å². The van der Waals surface area contributed by atoms with Crippen molar-refractivity contribution >= 4 is 23.2 Å². The number of carbonyl (C=O) groups excluding carboxylic acids is 1. The van der Waals surface area contributed by atoms with Crippen LogP contribution in [0, 0.1) is 24.2 Å². The molecule has 3 fully saturated rings. The Morgan fingerprint density at radius 3 is 2.72 bits per heavy atom. The number of halogens is 1. The van der Waals surface area contributed by atoms with E-state index in [-0.39, 0.29) is 34.8 Å². The minimum absolute atomic E-state index is 0.0351. The lowest BCUT2D eigenvalue weighted by Crippen LogP contribution is -2.68. The predicted molar refractivity (Wildman–Crippen MR) is 122 cm³/mol. The number of carbonyl (C=O) groups is 1. The van der Waals surface area contributed by atoms with Crippen LogP contribution in [-0.4, -0.2) is 37.4 Å². The number of anilines is 1. The summed E-state index contributed by atoms with van der Waals surface area (Å²) >= 11 is 6.34. The average Bonchev–Trinajstić information content (AvgIpc) is 2.73. The lowest BCUT2D eigenvalue weighted by molar-refractivity contribution is -0.199. The zero-order valence-electron chi connectivity index (χ0n) is 18.9. The van der Waals surface area contributed by atoms with Crippen LogP contribution in [0.5, 0.6) is 0 Å². The summed E-state index contributed by atoms with van der Waals surface area (Å²) in [5.41, 5.74) is 0.947. The zero-order chi connectivity index (χ0) is 23.3. The minimum Gasteiger partial charge on any atom is -0.388 e. The predicted octanol–water partition coefficient (Wildman–Crippen LogP) is 2.51. The first-order valence-electron chi connectivity index (χ1n) is 10.9.